The van der Waals surface area contributed by atoms with Crippen LogP contribution in [0.15, 0.2) is 12.2 Å². The second kappa shape index (κ2) is 47.8. The third kappa shape index (κ3) is 24.6. The van der Waals surface area contributed by atoms with Crippen LogP contribution in [0.3, 0.4) is 0 Å². The molecule has 127 heavy (non-hydrogen) atoms. The molecule has 16 aliphatic heterocycles. The van der Waals surface area contributed by atoms with Crippen LogP contribution in [-0.4, -0.2) is 115 Å². The maximum absolute atomic E-state index is 17.8. The van der Waals surface area contributed by atoms with Gasteiger partial charge in [-0.3, -0.25) is 0 Å². The van der Waals surface area contributed by atoms with Crippen molar-refractivity contribution in [2.75, 3.05) is 49.3 Å². The van der Waals surface area contributed by atoms with Gasteiger partial charge >= 0.3 is 795 Å². The van der Waals surface area contributed by atoms with Crippen LogP contribution >= 0.6 is 13.7 Å². The van der Waals surface area contributed by atoms with Crippen molar-refractivity contribution in [3.63, 3.8) is 0 Å². The fourth-order valence-electron chi connectivity index (χ4n) is 39.6. The molecule has 2 unspecified atom stereocenters. The van der Waals surface area contributed by atoms with Crippen LogP contribution in [0, 0.1) is 23.7 Å². The molecule has 0 aromatic heterocycles. The van der Waals surface area contributed by atoms with Crippen LogP contribution in [0.25, 0.3) is 0 Å². The van der Waals surface area contributed by atoms with Crippen LogP contribution < -0.4 is 0 Å². The Morgan fingerprint density at radius 3 is 0.441 bits per heavy atom. The molecule has 16 saturated heterocycles. The van der Waals surface area contributed by atoms with Crippen LogP contribution in [0.4, 0.5) is 0 Å². The van der Waals surface area contributed by atoms with Gasteiger partial charge in [-0.15, -0.1) is 0 Å². The molecule has 2 aliphatic carbocycles. The van der Waals surface area contributed by atoms with E-state index in [1.54, 1.807) is 0 Å². The van der Waals surface area contributed by atoms with Crippen LogP contribution in [0.5, 0.6) is 0 Å². The van der Waals surface area contributed by atoms with Crippen molar-refractivity contribution in [1.29, 1.82) is 0 Å². The van der Waals surface area contributed by atoms with Crippen LogP contribution in [0.2, 0.25) is 144 Å². The van der Waals surface area contributed by atoms with Gasteiger partial charge < -0.3 is 0 Å². The summed E-state index contributed by atoms with van der Waals surface area (Å²) in [7, 11) is 0. The number of carbonyl (C=O) groups is 2. The van der Waals surface area contributed by atoms with Gasteiger partial charge in [0.25, 0.3) is 0 Å². The first-order chi connectivity index (χ1) is 62.6. The van der Waals surface area contributed by atoms with Crippen LogP contribution in [0.1, 0.15) is 469 Å². The summed E-state index contributed by atoms with van der Waals surface area (Å²) in [5.41, 5.74) is 0. The van der Waals surface area contributed by atoms with E-state index in [2.05, 4.69) is 12.2 Å². The molecule has 0 spiro atoms. The molecule has 4 atom stereocenters. The van der Waals surface area contributed by atoms with Crippen molar-refractivity contribution in [3.05, 3.63) is 12.2 Å². The first-order valence-corrected chi connectivity index (χ1v) is 66.6. The second-order valence-corrected chi connectivity index (χ2v) is 63.9. The average Bonchev–Trinajstić information content (AvgIpc) is 1.70. The Hall–Kier alpha value is 0.0595. The van der Waals surface area contributed by atoms with Gasteiger partial charge in [-0.2, -0.15) is 0 Å². The van der Waals surface area contributed by atoms with Gasteiger partial charge in [0.2, 0.25) is 0 Å². The number of rotatable bonds is 52. The molecular weight excluding hydrogens is 1570 g/mol. The van der Waals surface area contributed by atoms with E-state index in [0.29, 0.717) is 0 Å². The zero-order valence-electron chi connectivity index (χ0n) is 83.8. The fraction of sp³-hybridized carbons (Fsp3) is 0.965. The molecule has 0 aromatic rings. The molecule has 1 saturated carbocycles. The molecule has 0 radical (unpaired) electrons. The molecule has 18 bridgehead atoms. The minimum atomic E-state index is -3.33. The molecule has 16 heterocycles. The van der Waals surface area contributed by atoms with E-state index >= 15 is 9.59 Å². The number of hydrogen-bond acceptors (Lipinski definition) is 4. The molecule has 0 aromatic carbocycles. The number of allylic oxidation sites excluding steroid dienone is 2. The average molecular weight is 1770 g/mol. The third-order valence-electron chi connectivity index (χ3n) is 45.9. The first kappa shape index (κ1) is 97.3. The van der Waals surface area contributed by atoms with E-state index < -0.39 is 25.5 Å². The Morgan fingerprint density at radius 1 is 0.189 bits per heavy atom. The van der Waals surface area contributed by atoms with Gasteiger partial charge in [0, 0.05) is 0 Å². The summed E-state index contributed by atoms with van der Waals surface area (Å²) in [4.78, 5) is 35.6. The number of unbranched alkanes of at least 4 members (excludes halogenated alkanes) is 16. The Morgan fingerprint density at radius 2 is 0.315 bits per heavy atom. The molecule has 14 heteroatoms. The molecule has 18 aliphatic rings. The standard InChI is InChI=1S/C113H200B8O4P2/c122-112(124-126(83-17-1-9-75-114-94-41-25-42-95(114)44-26-43-94,84-18-2-10-76-115-96-45-27-46-97(115)48-28-47-96,85-19-3-11-77-116-98-49-29-50-99(116)52-30-51-98)86-20-4-12-78-117-100-53-31-54-101(117)56-32-55-100)110-92-73-74-93(91-92)111(110)113(123)125-127(87-21-5-13-79-118-102-57-33-58-103(118)60-34-59-102,88-22-6-14-80-119-104-61-35-62-105(119)64-36-63-104,89-23-7-15-81-120-106-65-37-66-107(120)68-38-67-106)90-24-8-16-82-121-108-69-39-70-109(121)72-40-71-108/h73-74,92-111H,1-72,75-91H2/t92?,93?,94?,95?,96?,97?,98?,99?,100?,101?,102?,103?,104?,105?,106?,107?,108?,109?,110-,111-/m1/s1. The van der Waals surface area contributed by atoms with E-state index in [-0.39, 0.29) is 23.8 Å². The molecule has 710 valence electrons. The normalized spacial score (nSPS) is 34.6. The maximum atomic E-state index is 17.8. The van der Waals surface area contributed by atoms with Gasteiger partial charge in [-0.1, -0.05) is 0 Å². The summed E-state index contributed by atoms with van der Waals surface area (Å²) >= 11 is 0. The van der Waals surface area contributed by atoms with E-state index in [1.807, 2.05) is 0 Å². The van der Waals surface area contributed by atoms with Crippen LogP contribution in [-0.2, 0) is 18.6 Å². The topological polar surface area (TPSA) is 52.6 Å². The Balaban J connectivity index is 0.671. The zero-order chi connectivity index (χ0) is 86.0. The van der Waals surface area contributed by atoms with Gasteiger partial charge in [-0.05, 0) is 0 Å². The quantitative estimate of drug-likeness (QED) is 0.0264. The van der Waals surface area contributed by atoms with E-state index in [4.69, 9.17) is 9.05 Å². The summed E-state index contributed by atoms with van der Waals surface area (Å²) in [6.45, 7) is 1.04. The Kier molecular flexibility index (Phi) is 36.6. The van der Waals surface area contributed by atoms with Crippen molar-refractivity contribution in [2.24, 2.45) is 23.7 Å². The third-order valence-corrected chi connectivity index (χ3v) is 58.8. The molecule has 4 nitrogen and oxygen atoms in total. The SMILES string of the molecule is O=C(OP(CCCCCB1C2CCCC1CCC2)(CCCCCB1C2CCCC1CCC2)(CCCCCB1C2CCCC1CCC2)CCCCCB1C2CCCC1CCC2)[C@@H]1C2C=CC(C2)[C@H]1C(=O)OP(CCCCCB1C2CCCC1CCC2)(CCCCCB1C2CCCC1CCC2)(CCCCCB1C2CCCC1CCC2)CCCCCB1C2CCCC1CCC2. The van der Waals surface area contributed by atoms with Gasteiger partial charge in [0.15, 0.2) is 0 Å². The van der Waals surface area contributed by atoms with E-state index in [1.165, 1.54) is 562 Å². The number of carbonyl (C=O) groups excluding carboxylic acids is 2. The van der Waals surface area contributed by atoms with Crippen molar-refractivity contribution in [2.45, 2.75) is 612 Å². The Labute approximate surface area is 789 Å². The summed E-state index contributed by atoms with van der Waals surface area (Å²) in [5.74, 6) is 15.5. The van der Waals surface area contributed by atoms with Gasteiger partial charge in [-0.25, -0.2) is 0 Å². The molecule has 0 N–H and O–H groups in total. The van der Waals surface area contributed by atoms with Crippen molar-refractivity contribution < 1.29 is 18.6 Å². The monoisotopic (exact) mass is 1770 g/mol. The zero-order valence-corrected chi connectivity index (χ0v) is 85.6. The van der Waals surface area contributed by atoms with Crippen molar-refractivity contribution in [1.82, 2.24) is 0 Å². The fourth-order valence-corrected chi connectivity index (χ4v) is 52.5. The second-order valence-electron chi connectivity index (χ2n) is 52.5. The van der Waals surface area contributed by atoms with Gasteiger partial charge in [0.05, 0.1) is 0 Å². The molecule has 18 rings (SSSR count). The molecular formula is C113H200B8O4P2. The number of fused-ring (bicyclic) bond motifs is 18. The summed E-state index contributed by atoms with van der Waals surface area (Å²) in [5, 5.41) is 0. The van der Waals surface area contributed by atoms with E-state index in [0.717, 1.165) is 153 Å². The minimum absolute atomic E-state index is 0.0929. The summed E-state index contributed by atoms with van der Waals surface area (Å²) in [6, 6.07) is 0. The number of hydrogen-bond donors (Lipinski definition) is 0. The first-order valence-electron chi connectivity index (χ1n) is 60.8. The predicted octanol–water partition coefficient (Wildman–Crippen LogP) is 36.6. The van der Waals surface area contributed by atoms with Crippen molar-refractivity contribution >= 4 is 79.3 Å². The van der Waals surface area contributed by atoms with E-state index in [9.17, 15) is 0 Å². The predicted molar refractivity (Wildman–Crippen MR) is 570 cm³/mol. The van der Waals surface area contributed by atoms with Gasteiger partial charge in [0.1, 0.15) is 0 Å². The molecule has 0 amide bonds. The van der Waals surface area contributed by atoms with Crippen molar-refractivity contribution in [3.8, 4) is 0 Å². The summed E-state index contributed by atoms with van der Waals surface area (Å²) in [6.07, 6.45) is 131. The summed E-state index contributed by atoms with van der Waals surface area (Å²) < 4.78 is 17.5. The Bertz CT molecular complexity index is 2590. The molecule has 17 fully saturated rings.